The van der Waals surface area contributed by atoms with Gasteiger partial charge < -0.3 is 15.2 Å². The maximum absolute atomic E-state index is 13.5. The number of amides is 3. The first kappa shape index (κ1) is 25.5. The van der Waals surface area contributed by atoms with Crippen molar-refractivity contribution in [3.63, 3.8) is 0 Å². The Balaban J connectivity index is 1.69. The van der Waals surface area contributed by atoms with E-state index in [1.807, 2.05) is 0 Å². The molecule has 4 rings (SSSR count). The first-order valence-corrected chi connectivity index (χ1v) is 11.2. The SMILES string of the molecule is O=C(OCc1ccccc1)N1C(=O)C(c2ccccc2NC(=O)C(F)(F)F)=C(O)C1Cc1ccccc1. The Morgan fingerprint density at radius 2 is 1.46 bits per heavy atom. The number of aliphatic hydroxyl groups excluding tert-OH is 1. The molecule has 0 fully saturated rings. The molecule has 3 amide bonds. The molecule has 0 saturated heterocycles. The van der Waals surface area contributed by atoms with E-state index in [1.165, 1.54) is 18.2 Å². The van der Waals surface area contributed by atoms with Crippen LogP contribution in [0.5, 0.6) is 0 Å². The number of para-hydroxylation sites is 1. The number of rotatable bonds is 6. The van der Waals surface area contributed by atoms with Gasteiger partial charge in [-0.05, 0) is 17.2 Å². The maximum Gasteiger partial charge on any atom is 0.471 e. The van der Waals surface area contributed by atoms with Gasteiger partial charge in [-0.25, -0.2) is 9.69 Å². The number of ether oxygens (including phenoxy) is 1. The third-order valence-electron chi connectivity index (χ3n) is 5.69. The van der Waals surface area contributed by atoms with Crippen LogP contribution in [0.15, 0.2) is 90.7 Å². The van der Waals surface area contributed by atoms with Gasteiger partial charge in [-0.1, -0.05) is 78.9 Å². The van der Waals surface area contributed by atoms with Gasteiger partial charge in [0, 0.05) is 17.7 Å². The second-order valence-electron chi connectivity index (χ2n) is 8.18. The first-order chi connectivity index (χ1) is 17.7. The number of nitrogens with zero attached hydrogens (tertiary/aromatic N) is 1. The van der Waals surface area contributed by atoms with Crippen LogP contribution in [0, 0.1) is 0 Å². The molecule has 190 valence electrons. The van der Waals surface area contributed by atoms with Crippen molar-refractivity contribution >= 4 is 29.2 Å². The highest BCUT2D eigenvalue weighted by atomic mass is 19.4. The molecule has 2 N–H and O–H groups in total. The molecule has 1 atom stereocenters. The summed E-state index contributed by atoms with van der Waals surface area (Å²) in [5.74, 6) is -3.74. The molecule has 1 aliphatic heterocycles. The summed E-state index contributed by atoms with van der Waals surface area (Å²) >= 11 is 0. The number of alkyl halides is 3. The summed E-state index contributed by atoms with van der Waals surface area (Å²) in [6.07, 6.45) is -6.18. The van der Waals surface area contributed by atoms with E-state index in [-0.39, 0.29) is 24.3 Å². The van der Waals surface area contributed by atoms with Crippen molar-refractivity contribution in [3.8, 4) is 0 Å². The summed E-state index contributed by atoms with van der Waals surface area (Å²) < 4.78 is 44.0. The third kappa shape index (κ3) is 5.64. The van der Waals surface area contributed by atoms with E-state index in [0.29, 0.717) is 11.1 Å². The summed E-state index contributed by atoms with van der Waals surface area (Å²) in [4.78, 5) is 38.9. The van der Waals surface area contributed by atoms with Gasteiger partial charge in [0.25, 0.3) is 5.91 Å². The summed E-state index contributed by atoms with van der Waals surface area (Å²) in [5, 5.41) is 12.9. The van der Waals surface area contributed by atoms with Crippen LogP contribution in [0.25, 0.3) is 5.57 Å². The fourth-order valence-electron chi connectivity index (χ4n) is 3.94. The number of halogens is 3. The van der Waals surface area contributed by atoms with Crippen LogP contribution in [0.3, 0.4) is 0 Å². The number of carbonyl (C=O) groups excluding carboxylic acids is 3. The molecule has 3 aromatic carbocycles. The molecule has 1 unspecified atom stereocenters. The number of nitrogens with one attached hydrogen (secondary N) is 1. The molecule has 1 heterocycles. The van der Waals surface area contributed by atoms with Crippen molar-refractivity contribution in [2.75, 3.05) is 5.32 Å². The molecule has 0 saturated carbocycles. The van der Waals surface area contributed by atoms with E-state index < -0.39 is 41.5 Å². The Labute approximate surface area is 209 Å². The minimum Gasteiger partial charge on any atom is -0.509 e. The molecular weight excluding hydrogens is 489 g/mol. The van der Waals surface area contributed by atoms with Gasteiger partial charge in [0.1, 0.15) is 18.4 Å². The first-order valence-electron chi connectivity index (χ1n) is 11.2. The highest BCUT2D eigenvalue weighted by molar-refractivity contribution is 6.27. The summed E-state index contributed by atoms with van der Waals surface area (Å²) in [6.45, 7) is -0.143. The predicted molar refractivity (Wildman–Crippen MR) is 128 cm³/mol. The topological polar surface area (TPSA) is 95.9 Å². The van der Waals surface area contributed by atoms with Gasteiger partial charge in [-0.15, -0.1) is 0 Å². The number of anilines is 1. The zero-order valence-corrected chi connectivity index (χ0v) is 19.2. The smallest absolute Gasteiger partial charge is 0.471 e. The number of carbonyl (C=O) groups is 3. The lowest BCUT2D eigenvalue weighted by Gasteiger charge is -2.23. The largest absolute Gasteiger partial charge is 0.509 e. The van der Waals surface area contributed by atoms with Crippen molar-refractivity contribution < 1.29 is 37.4 Å². The summed E-state index contributed by atoms with van der Waals surface area (Å²) in [7, 11) is 0. The quantitative estimate of drug-likeness (QED) is 0.473. The van der Waals surface area contributed by atoms with Crippen LogP contribution in [-0.2, 0) is 27.4 Å². The van der Waals surface area contributed by atoms with Gasteiger partial charge in [0.15, 0.2) is 0 Å². The number of aliphatic hydroxyl groups is 1. The lowest BCUT2D eigenvalue weighted by molar-refractivity contribution is -0.167. The molecule has 0 spiro atoms. The van der Waals surface area contributed by atoms with Crippen LogP contribution in [-0.4, -0.2) is 40.1 Å². The Morgan fingerprint density at radius 1 is 0.892 bits per heavy atom. The van der Waals surface area contributed by atoms with Gasteiger partial charge in [-0.2, -0.15) is 13.2 Å². The Morgan fingerprint density at radius 3 is 2.08 bits per heavy atom. The molecule has 1 aliphatic rings. The highest BCUT2D eigenvalue weighted by Gasteiger charge is 2.46. The van der Waals surface area contributed by atoms with Crippen LogP contribution >= 0.6 is 0 Å². The van der Waals surface area contributed by atoms with Crippen molar-refractivity contribution in [1.82, 2.24) is 4.90 Å². The number of benzene rings is 3. The molecule has 3 aromatic rings. The second kappa shape index (κ2) is 10.6. The molecule has 0 aliphatic carbocycles. The van der Waals surface area contributed by atoms with E-state index in [4.69, 9.17) is 4.74 Å². The lowest BCUT2D eigenvalue weighted by Crippen LogP contribution is -2.42. The number of imide groups is 1. The van der Waals surface area contributed by atoms with Crippen LogP contribution < -0.4 is 5.32 Å². The molecule has 0 aromatic heterocycles. The maximum atomic E-state index is 13.5. The molecular formula is C27H21F3N2O5. The van der Waals surface area contributed by atoms with Crippen molar-refractivity contribution in [2.45, 2.75) is 25.2 Å². The zero-order chi connectivity index (χ0) is 26.6. The van der Waals surface area contributed by atoms with Gasteiger partial charge in [0.2, 0.25) is 0 Å². The minimum atomic E-state index is -5.17. The van der Waals surface area contributed by atoms with Crippen molar-refractivity contribution in [1.29, 1.82) is 0 Å². The summed E-state index contributed by atoms with van der Waals surface area (Å²) in [5.41, 5.74) is 0.430. The second-order valence-corrected chi connectivity index (χ2v) is 8.18. The minimum absolute atomic E-state index is 0.0272. The number of hydrogen-bond donors (Lipinski definition) is 2. The van der Waals surface area contributed by atoms with Crippen LogP contribution in [0.2, 0.25) is 0 Å². The fraction of sp³-hybridized carbons (Fsp3) is 0.148. The average Bonchev–Trinajstić information content (AvgIpc) is 3.12. The number of hydrogen-bond acceptors (Lipinski definition) is 5. The van der Waals surface area contributed by atoms with Gasteiger partial charge in [0.05, 0.1) is 5.57 Å². The third-order valence-corrected chi connectivity index (χ3v) is 5.69. The highest BCUT2D eigenvalue weighted by Crippen LogP contribution is 2.37. The molecule has 0 radical (unpaired) electrons. The normalized spacial score (nSPS) is 15.6. The van der Waals surface area contributed by atoms with Gasteiger partial charge in [-0.3, -0.25) is 9.59 Å². The van der Waals surface area contributed by atoms with Crippen molar-refractivity contribution in [3.05, 3.63) is 107 Å². The van der Waals surface area contributed by atoms with E-state index in [0.717, 1.165) is 11.0 Å². The standard InChI is InChI=1S/C27H21F3N2O5/c28-27(29,30)25(35)31-20-14-8-7-13-19(20)22-23(33)21(15-17-9-3-1-4-10-17)32(24(22)34)26(36)37-16-18-11-5-2-6-12-18/h1-14,21,33H,15-16H2,(H,31,35). The summed E-state index contributed by atoms with van der Waals surface area (Å²) in [6, 6.07) is 21.5. The van der Waals surface area contributed by atoms with Gasteiger partial charge >= 0.3 is 18.2 Å². The van der Waals surface area contributed by atoms with Crippen LogP contribution in [0.4, 0.5) is 23.7 Å². The van der Waals surface area contributed by atoms with Crippen LogP contribution in [0.1, 0.15) is 16.7 Å². The van der Waals surface area contributed by atoms with E-state index in [2.05, 4.69) is 0 Å². The Hall–Kier alpha value is -4.60. The predicted octanol–water partition coefficient (Wildman–Crippen LogP) is 5.25. The van der Waals surface area contributed by atoms with E-state index in [9.17, 15) is 32.7 Å². The van der Waals surface area contributed by atoms with E-state index >= 15 is 0 Å². The molecule has 7 nitrogen and oxygen atoms in total. The monoisotopic (exact) mass is 510 g/mol. The molecule has 37 heavy (non-hydrogen) atoms. The molecule has 10 heteroatoms. The average molecular weight is 510 g/mol. The lowest BCUT2D eigenvalue weighted by atomic mass is 10.00. The fourth-order valence-corrected chi connectivity index (χ4v) is 3.94. The zero-order valence-electron chi connectivity index (χ0n) is 19.2. The van der Waals surface area contributed by atoms with E-state index in [1.54, 1.807) is 66.0 Å². The Bertz CT molecular complexity index is 1340. The Kier molecular flexibility index (Phi) is 7.28. The van der Waals surface area contributed by atoms with Crippen molar-refractivity contribution in [2.24, 2.45) is 0 Å². The molecule has 0 bridgehead atoms.